The molecular formula is C17H26ClN3O2. The molecule has 0 aliphatic rings. The van der Waals surface area contributed by atoms with Crippen molar-refractivity contribution in [2.24, 2.45) is 11.7 Å². The molecule has 0 aliphatic heterocycles. The average molecular weight is 340 g/mol. The van der Waals surface area contributed by atoms with E-state index in [0.717, 1.165) is 5.56 Å². The van der Waals surface area contributed by atoms with Gasteiger partial charge in [0.2, 0.25) is 11.8 Å². The molecule has 2 atom stereocenters. The fourth-order valence-corrected chi connectivity index (χ4v) is 2.30. The lowest BCUT2D eigenvalue weighted by molar-refractivity contribution is -0.125. The van der Waals surface area contributed by atoms with Crippen molar-refractivity contribution in [2.75, 3.05) is 6.54 Å². The molecule has 0 unspecified atom stereocenters. The van der Waals surface area contributed by atoms with Gasteiger partial charge in [0.05, 0.1) is 6.04 Å². The molecule has 1 aromatic carbocycles. The topological polar surface area (TPSA) is 84.2 Å². The van der Waals surface area contributed by atoms with Gasteiger partial charge in [-0.1, -0.05) is 37.6 Å². The summed E-state index contributed by atoms with van der Waals surface area (Å²) in [5.41, 5.74) is 6.88. The summed E-state index contributed by atoms with van der Waals surface area (Å²) < 4.78 is 0. The van der Waals surface area contributed by atoms with Gasteiger partial charge in [-0.15, -0.1) is 0 Å². The molecule has 128 valence electrons. The molecule has 0 saturated heterocycles. The third-order valence-electron chi connectivity index (χ3n) is 3.57. The summed E-state index contributed by atoms with van der Waals surface area (Å²) in [5, 5.41) is 6.30. The fourth-order valence-electron chi connectivity index (χ4n) is 2.17. The first-order valence-electron chi connectivity index (χ1n) is 7.90. The maximum atomic E-state index is 12.2. The Kier molecular flexibility index (Phi) is 8.06. The maximum Gasteiger partial charge on any atom is 0.237 e. The van der Waals surface area contributed by atoms with Gasteiger partial charge in [0.15, 0.2) is 0 Å². The van der Waals surface area contributed by atoms with Gasteiger partial charge in [-0.3, -0.25) is 9.59 Å². The highest BCUT2D eigenvalue weighted by Crippen LogP contribution is 2.12. The van der Waals surface area contributed by atoms with E-state index in [1.807, 2.05) is 32.9 Å². The number of amides is 2. The number of hydrogen-bond donors (Lipinski definition) is 3. The summed E-state index contributed by atoms with van der Waals surface area (Å²) in [7, 11) is 0. The smallest absolute Gasteiger partial charge is 0.237 e. The van der Waals surface area contributed by atoms with Crippen molar-refractivity contribution < 1.29 is 9.59 Å². The largest absolute Gasteiger partial charge is 0.356 e. The molecule has 5 nitrogen and oxygen atoms in total. The second-order valence-corrected chi connectivity index (χ2v) is 6.40. The highest BCUT2D eigenvalue weighted by Gasteiger charge is 2.22. The Morgan fingerprint density at radius 3 is 2.35 bits per heavy atom. The predicted octanol–water partition coefficient (Wildman–Crippen LogP) is 1.88. The van der Waals surface area contributed by atoms with E-state index in [9.17, 15) is 9.59 Å². The molecule has 0 fully saturated rings. The lowest BCUT2D eigenvalue weighted by Crippen LogP contribution is -2.49. The van der Waals surface area contributed by atoms with Crippen LogP contribution in [0, 0.1) is 5.92 Å². The summed E-state index contributed by atoms with van der Waals surface area (Å²) in [4.78, 5) is 24.1. The summed E-state index contributed by atoms with van der Waals surface area (Å²) >= 11 is 5.88. The summed E-state index contributed by atoms with van der Waals surface area (Å²) in [6.45, 7) is 6.20. The van der Waals surface area contributed by atoms with Gasteiger partial charge in [-0.2, -0.15) is 0 Å². The molecular weight excluding hydrogens is 314 g/mol. The molecule has 1 rings (SSSR count). The van der Waals surface area contributed by atoms with Crippen LogP contribution < -0.4 is 16.4 Å². The number of hydrogen-bond acceptors (Lipinski definition) is 3. The number of carbonyl (C=O) groups excluding carboxylic acids is 2. The second-order valence-electron chi connectivity index (χ2n) is 5.96. The Hall–Kier alpha value is -1.59. The standard InChI is InChI=1S/C17H26ClN3O2/c1-4-20-15(22)10-14(21-17(23)16(19)11(2)3)9-12-5-7-13(18)8-6-12/h5-8,11,14,16H,4,9-10,19H2,1-3H3,(H,20,22)(H,21,23)/t14-,16-/m0/s1. The Balaban J connectivity index is 2.77. The first kappa shape index (κ1) is 19.5. The van der Waals surface area contributed by atoms with Gasteiger partial charge in [0, 0.05) is 24.0 Å². The van der Waals surface area contributed by atoms with Crippen molar-refractivity contribution in [1.29, 1.82) is 0 Å². The summed E-state index contributed by atoms with van der Waals surface area (Å²) in [6, 6.07) is 6.48. The molecule has 1 aromatic rings. The normalized spacial score (nSPS) is 13.5. The van der Waals surface area contributed by atoms with Crippen molar-refractivity contribution in [3.05, 3.63) is 34.9 Å². The van der Waals surface area contributed by atoms with Crippen LogP contribution in [0.4, 0.5) is 0 Å². The highest BCUT2D eigenvalue weighted by atomic mass is 35.5. The summed E-state index contributed by atoms with van der Waals surface area (Å²) in [6.07, 6.45) is 0.762. The minimum atomic E-state index is -0.586. The zero-order chi connectivity index (χ0) is 17.4. The van der Waals surface area contributed by atoms with E-state index >= 15 is 0 Å². The second kappa shape index (κ2) is 9.53. The number of nitrogens with two attached hydrogens (primary N) is 1. The van der Waals surface area contributed by atoms with E-state index in [-0.39, 0.29) is 30.2 Å². The van der Waals surface area contributed by atoms with Crippen LogP contribution in [0.25, 0.3) is 0 Å². The van der Waals surface area contributed by atoms with Crippen LogP contribution in [-0.2, 0) is 16.0 Å². The van der Waals surface area contributed by atoms with Crippen LogP contribution in [0.15, 0.2) is 24.3 Å². The maximum absolute atomic E-state index is 12.2. The zero-order valence-corrected chi connectivity index (χ0v) is 14.7. The van der Waals surface area contributed by atoms with E-state index in [1.54, 1.807) is 12.1 Å². The molecule has 0 aliphatic carbocycles. The van der Waals surface area contributed by atoms with Crippen LogP contribution in [0.1, 0.15) is 32.8 Å². The number of carbonyl (C=O) groups is 2. The van der Waals surface area contributed by atoms with Crippen molar-refractivity contribution >= 4 is 23.4 Å². The predicted molar refractivity (Wildman–Crippen MR) is 93.2 cm³/mol. The molecule has 0 saturated carbocycles. The number of nitrogens with one attached hydrogen (secondary N) is 2. The van der Waals surface area contributed by atoms with Crippen molar-refractivity contribution in [2.45, 2.75) is 45.7 Å². The molecule has 23 heavy (non-hydrogen) atoms. The number of halogens is 1. The van der Waals surface area contributed by atoms with E-state index < -0.39 is 6.04 Å². The van der Waals surface area contributed by atoms with E-state index in [1.165, 1.54) is 0 Å². The van der Waals surface area contributed by atoms with Gasteiger partial charge < -0.3 is 16.4 Å². The van der Waals surface area contributed by atoms with Crippen LogP contribution in [0.3, 0.4) is 0 Å². The summed E-state index contributed by atoms with van der Waals surface area (Å²) in [5.74, 6) is -0.288. The first-order chi connectivity index (χ1) is 10.8. The van der Waals surface area contributed by atoms with Crippen LogP contribution in [-0.4, -0.2) is 30.4 Å². The molecule has 2 amide bonds. The molecule has 6 heteroatoms. The van der Waals surface area contributed by atoms with Crippen molar-refractivity contribution in [1.82, 2.24) is 10.6 Å². The van der Waals surface area contributed by atoms with E-state index in [4.69, 9.17) is 17.3 Å². The van der Waals surface area contributed by atoms with Gasteiger partial charge >= 0.3 is 0 Å². The molecule has 4 N–H and O–H groups in total. The molecule has 0 bridgehead atoms. The quantitative estimate of drug-likeness (QED) is 0.676. The van der Waals surface area contributed by atoms with Gasteiger partial charge in [-0.25, -0.2) is 0 Å². The van der Waals surface area contributed by atoms with Crippen molar-refractivity contribution in [3.63, 3.8) is 0 Å². The van der Waals surface area contributed by atoms with Gasteiger partial charge in [-0.05, 0) is 37.0 Å². The lowest BCUT2D eigenvalue weighted by atomic mass is 10.0. The fraction of sp³-hybridized carbons (Fsp3) is 0.529. The van der Waals surface area contributed by atoms with Gasteiger partial charge in [0.25, 0.3) is 0 Å². The first-order valence-corrected chi connectivity index (χ1v) is 8.28. The monoisotopic (exact) mass is 339 g/mol. The Morgan fingerprint density at radius 1 is 1.22 bits per heavy atom. The minimum Gasteiger partial charge on any atom is -0.356 e. The molecule has 0 spiro atoms. The van der Waals surface area contributed by atoms with Crippen molar-refractivity contribution in [3.8, 4) is 0 Å². The molecule has 0 radical (unpaired) electrons. The molecule has 0 aromatic heterocycles. The van der Waals surface area contributed by atoms with E-state index in [2.05, 4.69) is 10.6 Å². The lowest BCUT2D eigenvalue weighted by Gasteiger charge is -2.22. The van der Waals surface area contributed by atoms with Crippen LogP contribution >= 0.6 is 11.6 Å². The van der Waals surface area contributed by atoms with Gasteiger partial charge in [0.1, 0.15) is 0 Å². The Bertz CT molecular complexity index is 517. The minimum absolute atomic E-state index is 0.0376. The number of rotatable bonds is 8. The molecule has 0 heterocycles. The van der Waals surface area contributed by atoms with E-state index in [0.29, 0.717) is 18.0 Å². The van der Waals surface area contributed by atoms with Crippen LogP contribution in [0.2, 0.25) is 5.02 Å². The SMILES string of the molecule is CCNC(=O)C[C@H](Cc1ccc(Cl)cc1)NC(=O)[C@@H](N)C(C)C. The number of benzene rings is 1. The Labute approximate surface area is 143 Å². The average Bonchev–Trinajstić information content (AvgIpc) is 2.48. The highest BCUT2D eigenvalue weighted by molar-refractivity contribution is 6.30. The third-order valence-corrected chi connectivity index (χ3v) is 3.82. The third kappa shape index (κ3) is 7.01. The van der Waals surface area contributed by atoms with Crippen LogP contribution in [0.5, 0.6) is 0 Å². The Morgan fingerprint density at radius 2 is 1.83 bits per heavy atom. The zero-order valence-electron chi connectivity index (χ0n) is 13.9.